The second kappa shape index (κ2) is 21.0. The van der Waals surface area contributed by atoms with E-state index in [9.17, 15) is 0 Å². The van der Waals surface area contributed by atoms with Crippen LogP contribution in [0, 0.1) is 0 Å². The summed E-state index contributed by atoms with van der Waals surface area (Å²) in [5, 5.41) is 9.78. The van der Waals surface area contributed by atoms with E-state index in [1.165, 1.54) is 71.0 Å². The maximum Gasteiger partial charge on any atom is 0.234 e. The summed E-state index contributed by atoms with van der Waals surface area (Å²) in [6.07, 6.45) is 7.76. The van der Waals surface area contributed by atoms with Crippen molar-refractivity contribution in [1.82, 2.24) is 38.2 Å². The number of fused-ring (bicyclic) bond motifs is 12. The first-order valence-corrected chi connectivity index (χ1v) is 29.7. The lowest BCUT2D eigenvalue weighted by atomic mass is 10.0. The molecule has 0 atom stereocenters. The summed E-state index contributed by atoms with van der Waals surface area (Å²) in [7, 11) is 0. The molecule has 8 nitrogen and oxygen atoms in total. The third kappa shape index (κ3) is 8.45. The topological polar surface area (TPSA) is 71.3 Å². The Morgan fingerprint density at radius 1 is 0.182 bits per heavy atom. The third-order valence-corrected chi connectivity index (χ3v) is 17.3. The molecule has 0 fully saturated rings. The molecule has 18 aromatic rings. The minimum absolute atomic E-state index is 0.621. The largest absolute Gasteiger partial charge is 0.309 e. The molecule has 0 N–H and O–H groups in total. The first-order chi connectivity index (χ1) is 43.7. The zero-order chi connectivity index (χ0) is 58.1. The van der Waals surface area contributed by atoms with Gasteiger partial charge in [0.2, 0.25) is 5.95 Å². The van der Waals surface area contributed by atoms with Crippen molar-refractivity contribution in [1.29, 1.82) is 0 Å². The van der Waals surface area contributed by atoms with Gasteiger partial charge in [-0.2, -0.15) is 0 Å². The van der Waals surface area contributed by atoms with Gasteiger partial charge in [-0.1, -0.05) is 206 Å². The molecule has 0 aliphatic carbocycles. The highest BCUT2D eigenvalue weighted by atomic mass is 15.2. The molecule has 11 aromatic carbocycles. The maximum atomic E-state index is 4.87. The number of para-hydroxylation sites is 6. The van der Waals surface area contributed by atoms with Crippen LogP contribution in [0.2, 0.25) is 0 Å². The van der Waals surface area contributed by atoms with Gasteiger partial charge in [-0.05, 0) is 102 Å². The molecule has 88 heavy (non-hydrogen) atoms. The van der Waals surface area contributed by atoms with Crippen molar-refractivity contribution in [3.05, 3.63) is 316 Å². The van der Waals surface area contributed by atoms with Gasteiger partial charge < -0.3 is 13.7 Å². The van der Waals surface area contributed by atoms with Crippen LogP contribution in [0.4, 0.5) is 0 Å². The number of hydrogen-bond acceptors (Lipinski definition) is 4. The number of pyridine rings is 2. The smallest absolute Gasteiger partial charge is 0.234 e. The van der Waals surface area contributed by atoms with Gasteiger partial charge in [-0.3, -0.25) is 14.5 Å². The minimum Gasteiger partial charge on any atom is -0.309 e. The summed E-state index contributed by atoms with van der Waals surface area (Å²) in [6.45, 7) is 0. The second-order valence-electron chi connectivity index (χ2n) is 22.3. The molecule has 8 heteroatoms. The Labute approximate surface area is 506 Å². The Balaban J connectivity index is 0.000000137. The number of hydrogen-bond donors (Lipinski definition) is 0. The predicted octanol–water partition coefficient (Wildman–Crippen LogP) is 20.0. The molecular formula is C80H52N8. The standard InChI is InChI=1S/C41H27N3.C39H25N5/c1-2-10-30(11-3-1)37-26-36-35-14-6-9-17-40(35)44(41(36)27-42-37)32-24-20-29(21-25-32)28-18-22-31(23-19-28)43-38-15-7-4-12-33(38)34-13-5-8-16-39(34)43;1-2-10-27(11-3-1)34-22-33-32-14-6-9-17-37(32)44(38(33)25-40-34)39-41-23-28(24-42-39)26-18-20-29(21-19-26)43-35-15-7-4-12-30(35)31-13-5-8-16-36(31)43/h1-27H;1-25H. The van der Waals surface area contributed by atoms with Crippen LogP contribution in [0.5, 0.6) is 0 Å². The molecule has 0 aliphatic rings. The molecule has 0 saturated heterocycles. The van der Waals surface area contributed by atoms with Crippen LogP contribution in [0.25, 0.3) is 155 Å². The molecule has 0 bridgehead atoms. The zero-order valence-electron chi connectivity index (χ0n) is 47.6. The lowest BCUT2D eigenvalue weighted by molar-refractivity contribution is 0.987. The summed E-state index contributed by atoms with van der Waals surface area (Å²) in [5.74, 6) is 0.621. The summed E-state index contributed by atoms with van der Waals surface area (Å²) >= 11 is 0. The lowest BCUT2D eigenvalue weighted by Crippen LogP contribution is -2.01. The highest BCUT2D eigenvalue weighted by Gasteiger charge is 2.19. The highest BCUT2D eigenvalue weighted by molar-refractivity contribution is 6.12. The first kappa shape index (κ1) is 50.5. The van der Waals surface area contributed by atoms with Crippen molar-refractivity contribution in [3.63, 3.8) is 0 Å². The summed E-state index contributed by atoms with van der Waals surface area (Å²) < 4.78 is 9.10. The van der Waals surface area contributed by atoms with Gasteiger partial charge in [0.05, 0.1) is 67.9 Å². The normalized spacial score (nSPS) is 11.6. The average molecular weight is 1130 g/mol. The lowest BCUT2D eigenvalue weighted by Gasteiger charge is -2.11. The van der Waals surface area contributed by atoms with Crippen LogP contribution >= 0.6 is 0 Å². The Hall–Kier alpha value is -12.0. The van der Waals surface area contributed by atoms with Crippen molar-refractivity contribution in [3.8, 4) is 67.8 Å². The fraction of sp³-hybridized carbons (Fsp3) is 0. The van der Waals surface area contributed by atoms with E-state index in [4.69, 9.17) is 19.9 Å². The van der Waals surface area contributed by atoms with Crippen molar-refractivity contribution in [2.75, 3.05) is 0 Å². The molecule has 0 unspecified atom stereocenters. The zero-order valence-corrected chi connectivity index (χ0v) is 47.6. The maximum absolute atomic E-state index is 4.87. The van der Waals surface area contributed by atoms with Crippen molar-refractivity contribution < 1.29 is 0 Å². The van der Waals surface area contributed by atoms with E-state index in [0.29, 0.717) is 5.95 Å². The molecule has 0 spiro atoms. The average Bonchev–Trinajstić information content (AvgIpc) is 1.95. The Kier molecular flexibility index (Phi) is 12.0. The van der Waals surface area contributed by atoms with E-state index < -0.39 is 0 Å². The van der Waals surface area contributed by atoms with Gasteiger partial charge in [-0.25, -0.2) is 9.97 Å². The van der Waals surface area contributed by atoms with E-state index in [1.54, 1.807) is 0 Å². The first-order valence-electron chi connectivity index (χ1n) is 29.7. The summed E-state index contributed by atoms with van der Waals surface area (Å²) in [4.78, 5) is 19.4. The molecule has 7 heterocycles. The van der Waals surface area contributed by atoms with E-state index in [-0.39, 0.29) is 0 Å². The van der Waals surface area contributed by atoms with Crippen LogP contribution in [-0.4, -0.2) is 38.2 Å². The highest BCUT2D eigenvalue weighted by Crippen LogP contribution is 2.38. The summed E-state index contributed by atoms with van der Waals surface area (Å²) in [6, 6.07) is 103. The second-order valence-corrected chi connectivity index (χ2v) is 22.3. The third-order valence-electron chi connectivity index (χ3n) is 17.3. The molecule has 0 amide bonds. The Morgan fingerprint density at radius 3 is 0.807 bits per heavy atom. The van der Waals surface area contributed by atoms with Gasteiger partial charge in [0.1, 0.15) is 0 Å². The van der Waals surface area contributed by atoms with Crippen molar-refractivity contribution in [2.45, 2.75) is 0 Å². The molecular weight excluding hydrogens is 1070 g/mol. The minimum atomic E-state index is 0.621. The van der Waals surface area contributed by atoms with Crippen LogP contribution in [0.1, 0.15) is 0 Å². The summed E-state index contributed by atoms with van der Waals surface area (Å²) in [5.41, 5.74) is 21.1. The molecule has 0 saturated carbocycles. The molecule has 412 valence electrons. The van der Waals surface area contributed by atoms with E-state index in [2.05, 4.69) is 285 Å². The van der Waals surface area contributed by atoms with Crippen LogP contribution in [-0.2, 0) is 0 Å². The van der Waals surface area contributed by atoms with Crippen molar-refractivity contribution in [2.24, 2.45) is 0 Å². The van der Waals surface area contributed by atoms with Crippen LogP contribution in [0.15, 0.2) is 316 Å². The van der Waals surface area contributed by atoms with E-state index in [0.717, 1.165) is 78.0 Å². The van der Waals surface area contributed by atoms with Crippen LogP contribution in [0.3, 0.4) is 0 Å². The number of nitrogens with zero attached hydrogens (tertiary/aromatic N) is 8. The number of benzene rings is 11. The molecule has 18 rings (SSSR count). The Bertz CT molecular complexity index is 5180. The Morgan fingerprint density at radius 2 is 0.455 bits per heavy atom. The monoisotopic (exact) mass is 1120 g/mol. The fourth-order valence-corrected chi connectivity index (χ4v) is 13.2. The number of aromatic nitrogens is 8. The van der Waals surface area contributed by atoms with Gasteiger partial charge in [-0.15, -0.1) is 0 Å². The number of rotatable bonds is 8. The van der Waals surface area contributed by atoms with Gasteiger partial charge >= 0.3 is 0 Å². The van der Waals surface area contributed by atoms with Gasteiger partial charge in [0.25, 0.3) is 0 Å². The molecule has 0 aliphatic heterocycles. The quantitative estimate of drug-likeness (QED) is 0.152. The SMILES string of the molecule is c1ccc(-c2cc3c4ccccc4n(-c4ccc(-c5ccc(-n6c7ccccc7c7ccccc76)cc5)cc4)c3cn2)cc1.c1ccc(-c2cc3c4ccccc4n(-c4ncc(-c5ccc(-n6c7ccccc7c7ccccc76)cc5)cn4)c3cn2)cc1. The predicted molar refractivity (Wildman–Crippen MR) is 363 cm³/mol. The van der Waals surface area contributed by atoms with Crippen LogP contribution < -0.4 is 0 Å². The van der Waals surface area contributed by atoms with Gasteiger partial charge in [0.15, 0.2) is 0 Å². The van der Waals surface area contributed by atoms with Gasteiger partial charge in [0, 0.05) is 89.2 Å². The fourth-order valence-electron chi connectivity index (χ4n) is 13.2. The molecule has 0 radical (unpaired) electrons. The molecule has 7 aromatic heterocycles. The van der Waals surface area contributed by atoms with Crippen molar-refractivity contribution >= 4 is 87.2 Å². The van der Waals surface area contributed by atoms with E-state index >= 15 is 0 Å². The van der Waals surface area contributed by atoms with E-state index in [1.807, 2.05) is 49.1 Å².